The van der Waals surface area contributed by atoms with Crippen LogP contribution in [0.1, 0.15) is 61.2 Å². The fraction of sp³-hybridized carbons (Fsp3) is 0.609. The molecule has 5 aliphatic rings. The Morgan fingerprint density at radius 2 is 1.88 bits per heavy atom. The third-order valence-corrected chi connectivity index (χ3v) is 7.91. The molecule has 1 atom stereocenters. The minimum atomic E-state index is -4.18. The maximum Gasteiger partial charge on any atom is 0.394 e. The Labute approximate surface area is 193 Å². The van der Waals surface area contributed by atoms with Crippen molar-refractivity contribution in [3.8, 4) is 0 Å². The first kappa shape index (κ1) is 20.5. The Balaban J connectivity index is 1.22. The van der Waals surface area contributed by atoms with Crippen molar-refractivity contribution in [3.05, 3.63) is 35.5 Å². The van der Waals surface area contributed by atoms with Crippen molar-refractivity contribution < 1.29 is 17.9 Å². The summed E-state index contributed by atoms with van der Waals surface area (Å²) < 4.78 is 48.6. The average Bonchev–Trinajstić information content (AvgIpc) is 3.47. The highest BCUT2D eigenvalue weighted by atomic mass is 19.4. The van der Waals surface area contributed by atoms with Crippen molar-refractivity contribution in [1.29, 1.82) is 0 Å². The van der Waals surface area contributed by atoms with Crippen LogP contribution in [-0.2, 0) is 10.2 Å². The van der Waals surface area contributed by atoms with E-state index >= 15 is 0 Å². The van der Waals surface area contributed by atoms with Crippen LogP contribution in [0, 0.1) is 12.3 Å². The van der Waals surface area contributed by atoms with Crippen LogP contribution >= 0.6 is 0 Å². The predicted octanol–water partition coefficient (Wildman–Crippen LogP) is 3.82. The van der Waals surface area contributed by atoms with Crippen molar-refractivity contribution in [2.24, 2.45) is 5.41 Å². The fourth-order valence-corrected chi connectivity index (χ4v) is 5.92. The minimum absolute atomic E-state index is 0.0662. The van der Waals surface area contributed by atoms with E-state index in [1.54, 1.807) is 6.20 Å². The lowest BCUT2D eigenvalue weighted by Gasteiger charge is -2.70. The summed E-state index contributed by atoms with van der Waals surface area (Å²) in [6.07, 6.45) is 3.69. The molecule has 8 rings (SSSR count). The van der Waals surface area contributed by atoms with Gasteiger partial charge in [-0.05, 0) is 39.0 Å². The lowest BCUT2D eigenvalue weighted by molar-refractivity contribution is -0.337. The molecule has 11 heteroatoms. The van der Waals surface area contributed by atoms with Gasteiger partial charge in [-0.1, -0.05) is 0 Å². The summed E-state index contributed by atoms with van der Waals surface area (Å²) >= 11 is 0. The number of hydrogen-bond donors (Lipinski definition) is 0. The van der Waals surface area contributed by atoms with Crippen molar-refractivity contribution >= 4 is 17.1 Å². The summed E-state index contributed by atoms with van der Waals surface area (Å²) in [5, 5.41) is 4.48. The number of anilines is 1. The van der Waals surface area contributed by atoms with Gasteiger partial charge in [0, 0.05) is 29.9 Å². The molecule has 0 aromatic carbocycles. The van der Waals surface area contributed by atoms with Crippen molar-refractivity contribution in [1.82, 2.24) is 29.7 Å². The molecule has 0 spiro atoms. The number of alkyl halides is 3. The standard InChI is InChI=1S/C23H24F3N7O/c1-13-6-27-17-18(21-10-22(11-21,12-21)23(24,25)26)30-20(31-19(17)29-13)32-4-5-34-16(9-32)14-7-28-33(8-14)15-2-3-15/h6-8,15-16H,2-5,9-12H2,1H3. The molecule has 1 aliphatic heterocycles. The van der Waals surface area contributed by atoms with E-state index in [0.717, 1.165) is 18.4 Å². The molecule has 3 aromatic rings. The van der Waals surface area contributed by atoms with Crippen LogP contribution in [0.4, 0.5) is 19.1 Å². The zero-order valence-corrected chi connectivity index (χ0v) is 18.7. The number of hydrogen-bond acceptors (Lipinski definition) is 7. The number of morpholine rings is 1. The van der Waals surface area contributed by atoms with Gasteiger partial charge in [-0.25, -0.2) is 15.0 Å². The lowest BCUT2D eigenvalue weighted by atomic mass is 9.34. The Morgan fingerprint density at radius 3 is 2.62 bits per heavy atom. The van der Waals surface area contributed by atoms with E-state index in [4.69, 9.17) is 9.72 Å². The van der Waals surface area contributed by atoms with Gasteiger partial charge in [0.15, 0.2) is 5.65 Å². The SMILES string of the molecule is Cc1cnc2c(C34CC(C(F)(F)F)(C3)C4)nc(N3CCOC(c4cnn(C5CC5)c4)C3)nc2n1. The summed E-state index contributed by atoms with van der Waals surface area (Å²) in [5.41, 5.74) is 1.13. The van der Waals surface area contributed by atoms with Gasteiger partial charge in [-0.2, -0.15) is 23.3 Å². The van der Waals surface area contributed by atoms with Crippen LogP contribution in [0.5, 0.6) is 0 Å². The van der Waals surface area contributed by atoms with Gasteiger partial charge in [0.1, 0.15) is 11.6 Å². The molecule has 178 valence electrons. The minimum Gasteiger partial charge on any atom is -0.370 e. The first-order chi connectivity index (χ1) is 16.3. The summed E-state index contributed by atoms with van der Waals surface area (Å²) in [4.78, 5) is 20.6. The van der Waals surface area contributed by atoms with E-state index in [0.29, 0.717) is 54.2 Å². The quantitative estimate of drug-likeness (QED) is 0.572. The highest BCUT2D eigenvalue weighted by molar-refractivity contribution is 5.76. The van der Waals surface area contributed by atoms with E-state index < -0.39 is 17.0 Å². The second-order valence-electron chi connectivity index (χ2n) is 10.4. The molecule has 0 amide bonds. The zero-order chi connectivity index (χ0) is 23.3. The van der Waals surface area contributed by atoms with E-state index in [-0.39, 0.29) is 25.4 Å². The lowest BCUT2D eigenvalue weighted by Crippen LogP contribution is -2.70. The van der Waals surface area contributed by atoms with Gasteiger partial charge in [0.25, 0.3) is 0 Å². The van der Waals surface area contributed by atoms with Crippen molar-refractivity contribution in [2.75, 3.05) is 24.6 Å². The van der Waals surface area contributed by atoms with Gasteiger partial charge in [-0.15, -0.1) is 0 Å². The molecule has 0 radical (unpaired) electrons. The Morgan fingerprint density at radius 1 is 1.09 bits per heavy atom. The van der Waals surface area contributed by atoms with Gasteiger partial charge >= 0.3 is 6.18 Å². The number of fused-ring (bicyclic) bond motifs is 1. The molecular weight excluding hydrogens is 447 g/mol. The van der Waals surface area contributed by atoms with Gasteiger partial charge in [0.05, 0.1) is 42.2 Å². The number of aromatic nitrogens is 6. The molecule has 3 aromatic heterocycles. The first-order valence-electron chi connectivity index (χ1n) is 11.7. The maximum absolute atomic E-state index is 13.5. The number of nitrogens with zero attached hydrogens (tertiary/aromatic N) is 7. The van der Waals surface area contributed by atoms with Crippen LogP contribution in [0.25, 0.3) is 11.2 Å². The van der Waals surface area contributed by atoms with Crippen LogP contribution < -0.4 is 4.90 Å². The fourth-order valence-electron chi connectivity index (χ4n) is 5.92. The average molecular weight is 471 g/mol. The van der Waals surface area contributed by atoms with Crippen LogP contribution in [0.3, 0.4) is 0 Å². The third-order valence-electron chi connectivity index (χ3n) is 7.91. The molecule has 4 heterocycles. The molecule has 8 nitrogen and oxygen atoms in total. The van der Waals surface area contributed by atoms with E-state index in [1.165, 1.54) is 0 Å². The summed E-state index contributed by atoms with van der Waals surface area (Å²) in [5.74, 6) is 0.482. The largest absolute Gasteiger partial charge is 0.394 e. The van der Waals surface area contributed by atoms with Crippen molar-refractivity contribution in [3.63, 3.8) is 0 Å². The Bertz CT molecular complexity index is 1280. The highest BCUT2D eigenvalue weighted by Gasteiger charge is 2.79. The molecule has 34 heavy (non-hydrogen) atoms. The maximum atomic E-state index is 13.5. The molecule has 4 aliphatic carbocycles. The summed E-state index contributed by atoms with van der Waals surface area (Å²) in [6, 6.07) is 0.495. The number of rotatable bonds is 4. The van der Waals surface area contributed by atoms with E-state index in [9.17, 15) is 13.2 Å². The molecular formula is C23H24F3N7O. The van der Waals surface area contributed by atoms with Crippen LogP contribution in [0.15, 0.2) is 18.6 Å². The normalized spacial score (nSPS) is 30.8. The van der Waals surface area contributed by atoms with Gasteiger partial charge in [0.2, 0.25) is 5.95 Å². The topological polar surface area (TPSA) is 81.9 Å². The van der Waals surface area contributed by atoms with Crippen LogP contribution in [-0.4, -0.2) is 55.6 Å². The number of ether oxygens (including phenoxy) is 1. The second-order valence-corrected chi connectivity index (χ2v) is 10.4. The number of halogens is 3. The zero-order valence-electron chi connectivity index (χ0n) is 18.7. The molecule has 1 saturated heterocycles. The summed E-state index contributed by atoms with van der Waals surface area (Å²) in [6.45, 7) is 3.46. The third kappa shape index (κ3) is 2.91. The highest BCUT2D eigenvalue weighted by Crippen LogP contribution is 2.78. The Kier molecular flexibility index (Phi) is 4.02. The van der Waals surface area contributed by atoms with E-state index in [1.807, 2.05) is 28.9 Å². The van der Waals surface area contributed by atoms with Gasteiger partial charge < -0.3 is 9.64 Å². The molecule has 1 unspecified atom stereocenters. The monoisotopic (exact) mass is 471 g/mol. The molecule has 5 fully saturated rings. The predicted molar refractivity (Wildman–Crippen MR) is 115 cm³/mol. The summed E-state index contributed by atoms with van der Waals surface area (Å²) in [7, 11) is 0. The van der Waals surface area contributed by atoms with Crippen LogP contribution in [0.2, 0.25) is 0 Å². The van der Waals surface area contributed by atoms with E-state index in [2.05, 4.69) is 20.1 Å². The van der Waals surface area contributed by atoms with Crippen molar-refractivity contribution in [2.45, 2.75) is 62.8 Å². The first-order valence-corrected chi connectivity index (χ1v) is 11.7. The molecule has 2 bridgehead atoms. The Hall–Kier alpha value is -2.82. The van der Waals surface area contributed by atoms with Gasteiger partial charge in [-0.3, -0.25) is 4.68 Å². The second kappa shape index (κ2) is 6.65. The molecule has 4 saturated carbocycles. The molecule has 0 N–H and O–H groups in total. The number of aryl methyl sites for hydroxylation is 1. The smallest absolute Gasteiger partial charge is 0.370 e.